The summed E-state index contributed by atoms with van der Waals surface area (Å²) >= 11 is 3.38. The van der Waals surface area contributed by atoms with Crippen molar-refractivity contribution in [2.24, 2.45) is 5.92 Å². The summed E-state index contributed by atoms with van der Waals surface area (Å²) < 4.78 is 1.01. The van der Waals surface area contributed by atoms with Crippen LogP contribution in [0.4, 0.5) is 0 Å². The molecule has 16 heavy (non-hydrogen) atoms. The molecule has 1 amide bonds. The van der Waals surface area contributed by atoms with Gasteiger partial charge in [0.25, 0.3) is 5.91 Å². The molecule has 1 aliphatic rings. The molecule has 1 atom stereocenters. The van der Waals surface area contributed by atoms with Crippen molar-refractivity contribution in [3.63, 3.8) is 0 Å². The monoisotopic (exact) mass is 281 g/mol. The second-order valence-electron chi connectivity index (χ2n) is 4.51. The van der Waals surface area contributed by atoms with Crippen molar-refractivity contribution in [3.05, 3.63) is 34.3 Å². The zero-order valence-electron chi connectivity index (χ0n) is 9.45. The third kappa shape index (κ3) is 2.64. The third-order valence-electron chi connectivity index (χ3n) is 3.04. The Labute approximate surface area is 105 Å². The second-order valence-corrected chi connectivity index (χ2v) is 5.42. The van der Waals surface area contributed by atoms with Gasteiger partial charge in [0.05, 0.1) is 0 Å². The molecule has 0 unspecified atom stereocenters. The van der Waals surface area contributed by atoms with E-state index >= 15 is 0 Å². The highest BCUT2D eigenvalue weighted by Gasteiger charge is 2.21. The Bertz CT molecular complexity index is 374. The number of hydrogen-bond donors (Lipinski definition) is 0. The highest BCUT2D eigenvalue weighted by molar-refractivity contribution is 9.10. The van der Waals surface area contributed by atoms with Gasteiger partial charge in [-0.2, -0.15) is 0 Å². The Morgan fingerprint density at radius 2 is 2.06 bits per heavy atom. The standard InChI is InChI=1S/C13H16BrNO/c1-10-3-2-8-15(9-10)13(16)11-4-6-12(14)7-5-11/h4-7,10H,2-3,8-9H2,1H3/t10-/m0/s1. The summed E-state index contributed by atoms with van der Waals surface area (Å²) in [5.74, 6) is 0.798. The van der Waals surface area contributed by atoms with Crippen LogP contribution in [0.1, 0.15) is 30.1 Å². The van der Waals surface area contributed by atoms with E-state index in [0.717, 1.165) is 29.5 Å². The van der Waals surface area contributed by atoms with Crippen molar-refractivity contribution >= 4 is 21.8 Å². The van der Waals surface area contributed by atoms with E-state index in [1.165, 1.54) is 6.42 Å². The molecule has 0 N–H and O–H groups in total. The van der Waals surface area contributed by atoms with Crippen LogP contribution in [-0.4, -0.2) is 23.9 Å². The number of nitrogens with zero attached hydrogens (tertiary/aromatic N) is 1. The van der Waals surface area contributed by atoms with Crippen molar-refractivity contribution in [1.29, 1.82) is 0 Å². The van der Waals surface area contributed by atoms with E-state index in [2.05, 4.69) is 22.9 Å². The van der Waals surface area contributed by atoms with E-state index in [1.54, 1.807) is 0 Å². The molecule has 0 aromatic heterocycles. The summed E-state index contributed by atoms with van der Waals surface area (Å²) in [6, 6.07) is 7.60. The first-order valence-electron chi connectivity index (χ1n) is 5.71. The number of amides is 1. The molecule has 0 saturated carbocycles. The van der Waals surface area contributed by atoms with E-state index in [0.29, 0.717) is 5.92 Å². The quantitative estimate of drug-likeness (QED) is 0.773. The lowest BCUT2D eigenvalue weighted by atomic mass is 9.99. The van der Waals surface area contributed by atoms with Crippen molar-refractivity contribution in [3.8, 4) is 0 Å². The zero-order chi connectivity index (χ0) is 11.5. The molecule has 1 saturated heterocycles. The van der Waals surface area contributed by atoms with E-state index in [4.69, 9.17) is 0 Å². The van der Waals surface area contributed by atoms with Crippen molar-refractivity contribution < 1.29 is 4.79 Å². The van der Waals surface area contributed by atoms with Crippen molar-refractivity contribution in [2.75, 3.05) is 13.1 Å². The Hall–Kier alpha value is -0.830. The number of halogens is 1. The van der Waals surface area contributed by atoms with Crippen molar-refractivity contribution in [1.82, 2.24) is 4.90 Å². The van der Waals surface area contributed by atoms with E-state index in [9.17, 15) is 4.79 Å². The van der Waals surface area contributed by atoms with Gasteiger partial charge in [-0.05, 0) is 43.0 Å². The first-order chi connectivity index (χ1) is 7.66. The van der Waals surface area contributed by atoms with Gasteiger partial charge < -0.3 is 4.90 Å². The first-order valence-corrected chi connectivity index (χ1v) is 6.51. The molecule has 86 valence electrons. The molecular formula is C13H16BrNO. The number of likely N-dealkylation sites (tertiary alicyclic amines) is 1. The molecule has 0 radical (unpaired) electrons. The van der Waals surface area contributed by atoms with Crippen LogP contribution in [0.3, 0.4) is 0 Å². The van der Waals surface area contributed by atoms with Gasteiger partial charge in [-0.1, -0.05) is 22.9 Å². The zero-order valence-corrected chi connectivity index (χ0v) is 11.0. The average Bonchev–Trinajstić information content (AvgIpc) is 2.29. The molecule has 1 heterocycles. The predicted octanol–water partition coefficient (Wildman–Crippen LogP) is 3.32. The van der Waals surface area contributed by atoms with Gasteiger partial charge in [0, 0.05) is 23.1 Å². The maximum atomic E-state index is 12.2. The normalized spacial score (nSPS) is 20.9. The Kier molecular flexibility index (Phi) is 3.64. The van der Waals surface area contributed by atoms with E-state index in [-0.39, 0.29) is 5.91 Å². The molecule has 0 aliphatic carbocycles. The highest BCUT2D eigenvalue weighted by atomic mass is 79.9. The largest absolute Gasteiger partial charge is 0.338 e. The molecule has 1 fully saturated rings. The lowest BCUT2D eigenvalue weighted by molar-refractivity contribution is 0.0683. The molecule has 2 nitrogen and oxygen atoms in total. The minimum Gasteiger partial charge on any atom is -0.338 e. The van der Waals surface area contributed by atoms with Gasteiger partial charge in [0.1, 0.15) is 0 Å². The van der Waals surface area contributed by atoms with Crippen LogP contribution in [0.2, 0.25) is 0 Å². The topological polar surface area (TPSA) is 20.3 Å². The Balaban J connectivity index is 2.09. The smallest absolute Gasteiger partial charge is 0.253 e. The van der Waals surface area contributed by atoms with Crippen LogP contribution in [-0.2, 0) is 0 Å². The maximum absolute atomic E-state index is 12.2. The van der Waals surface area contributed by atoms with Crippen molar-refractivity contribution in [2.45, 2.75) is 19.8 Å². The van der Waals surface area contributed by atoms with Gasteiger partial charge in [-0.3, -0.25) is 4.79 Å². The molecule has 1 aromatic carbocycles. The second kappa shape index (κ2) is 5.00. The maximum Gasteiger partial charge on any atom is 0.253 e. The van der Waals surface area contributed by atoms with Crippen LogP contribution in [0.15, 0.2) is 28.7 Å². The number of hydrogen-bond acceptors (Lipinski definition) is 1. The Morgan fingerprint density at radius 3 is 2.69 bits per heavy atom. The molecular weight excluding hydrogens is 266 g/mol. The summed E-state index contributed by atoms with van der Waals surface area (Å²) in [4.78, 5) is 14.1. The highest BCUT2D eigenvalue weighted by Crippen LogP contribution is 2.18. The van der Waals surface area contributed by atoms with Crippen LogP contribution in [0, 0.1) is 5.92 Å². The molecule has 3 heteroatoms. The SMILES string of the molecule is C[C@H]1CCCN(C(=O)c2ccc(Br)cc2)C1. The van der Waals surface area contributed by atoms with Crippen LogP contribution >= 0.6 is 15.9 Å². The summed E-state index contributed by atoms with van der Waals surface area (Å²) in [6.07, 6.45) is 2.37. The minimum atomic E-state index is 0.166. The van der Waals surface area contributed by atoms with Crippen LogP contribution in [0.5, 0.6) is 0 Å². The molecule has 0 bridgehead atoms. The molecule has 0 spiro atoms. The number of piperidine rings is 1. The lowest BCUT2D eigenvalue weighted by Crippen LogP contribution is -2.39. The lowest BCUT2D eigenvalue weighted by Gasteiger charge is -2.31. The van der Waals surface area contributed by atoms with Gasteiger partial charge in [-0.25, -0.2) is 0 Å². The van der Waals surface area contributed by atoms with Crippen LogP contribution in [0.25, 0.3) is 0 Å². The fourth-order valence-corrected chi connectivity index (χ4v) is 2.41. The number of rotatable bonds is 1. The van der Waals surface area contributed by atoms with Crippen LogP contribution < -0.4 is 0 Å². The number of carbonyl (C=O) groups is 1. The summed E-state index contributed by atoms with van der Waals surface area (Å²) in [6.45, 7) is 4.01. The van der Waals surface area contributed by atoms with E-state index in [1.807, 2.05) is 29.2 Å². The molecule has 2 rings (SSSR count). The third-order valence-corrected chi connectivity index (χ3v) is 3.56. The average molecular weight is 282 g/mol. The fourth-order valence-electron chi connectivity index (χ4n) is 2.15. The van der Waals surface area contributed by atoms with Gasteiger partial charge in [0.15, 0.2) is 0 Å². The van der Waals surface area contributed by atoms with Gasteiger partial charge in [-0.15, -0.1) is 0 Å². The number of carbonyl (C=O) groups excluding carboxylic acids is 1. The van der Waals surface area contributed by atoms with E-state index < -0.39 is 0 Å². The minimum absolute atomic E-state index is 0.166. The summed E-state index contributed by atoms with van der Waals surface area (Å²) in [5.41, 5.74) is 0.789. The predicted molar refractivity (Wildman–Crippen MR) is 68.4 cm³/mol. The Morgan fingerprint density at radius 1 is 1.38 bits per heavy atom. The summed E-state index contributed by atoms with van der Waals surface area (Å²) in [5, 5.41) is 0. The fraction of sp³-hybridized carbons (Fsp3) is 0.462. The summed E-state index contributed by atoms with van der Waals surface area (Å²) in [7, 11) is 0. The van der Waals surface area contributed by atoms with Gasteiger partial charge >= 0.3 is 0 Å². The number of benzene rings is 1. The van der Waals surface area contributed by atoms with Gasteiger partial charge in [0.2, 0.25) is 0 Å². The molecule has 1 aliphatic heterocycles. The molecule has 1 aromatic rings. The first kappa shape index (κ1) is 11.6.